The van der Waals surface area contributed by atoms with Crippen molar-refractivity contribution in [3.8, 4) is 5.75 Å². The van der Waals surface area contributed by atoms with E-state index in [1.54, 1.807) is 6.20 Å². The van der Waals surface area contributed by atoms with Crippen molar-refractivity contribution < 1.29 is 9.53 Å². The first-order valence-electron chi connectivity index (χ1n) is 11.8. The third kappa shape index (κ3) is 3.74. The number of rotatable bonds is 5. The van der Waals surface area contributed by atoms with Gasteiger partial charge in [-0.25, -0.2) is 9.97 Å². The Labute approximate surface area is 187 Å². The third-order valence-electron chi connectivity index (χ3n) is 6.91. The molecular weight excluding hydrogens is 406 g/mol. The Morgan fingerprint density at radius 3 is 2.56 bits per heavy atom. The number of hydrogen-bond donors (Lipinski definition) is 2. The standard InChI is InChI=1S/C23H29N7O2/c31-22-20(15-5-6-15)32-18-14-26-23(28-21(18)30(22)16-3-1-2-4-16)27-19-8-7-17(13-25-19)29-11-9-24-10-12-29/h7-8,13-16,20,24H,1-6,9-12H2,(H,25,26,27,28). The van der Waals surface area contributed by atoms with E-state index in [9.17, 15) is 4.79 Å². The molecule has 2 aromatic heterocycles. The van der Waals surface area contributed by atoms with Gasteiger partial charge in [0, 0.05) is 38.1 Å². The lowest BCUT2D eigenvalue weighted by molar-refractivity contribution is -0.127. The van der Waals surface area contributed by atoms with Crippen molar-refractivity contribution >= 4 is 29.2 Å². The fourth-order valence-electron chi connectivity index (χ4n) is 5.00. The lowest BCUT2D eigenvalue weighted by Gasteiger charge is -2.37. The minimum atomic E-state index is -0.385. The van der Waals surface area contributed by atoms with E-state index in [1.165, 1.54) is 0 Å². The summed E-state index contributed by atoms with van der Waals surface area (Å²) in [5.74, 6) is 2.70. The van der Waals surface area contributed by atoms with Gasteiger partial charge in [0.15, 0.2) is 17.7 Å². The number of hydrogen-bond acceptors (Lipinski definition) is 8. The second kappa shape index (κ2) is 8.20. The van der Waals surface area contributed by atoms with E-state index in [2.05, 4.69) is 31.6 Å². The molecule has 2 aliphatic heterocycles. The Morgan fingerprint density at radius 2 is 1.84 bits per heavy atom. The number of piperazine rings is 1. The zero-order chi connectivity index (χ0) is 21.5. The molecule has 2 aromatic rings. The number of pyridine rings is 1. The molecule has 2 aliphatic carbocycles. The van der Waals surface area contributed by atoms with Crippen LogP contribution in [0.15, 0.2) is 24.5 Å². The first-order valence-corrected chi connectivity index (χ1v) is 11.8. The Bertz CT molecular complexity index is 982. The van der Waals surface area contributed by atoms with Crippen LogP contribution in [0.3, 0.4) is 0 Å². The zero-order valence-electron chi connectivity index (χ0n) is 18.2. The van der Waals surface area contributed by atoms with Crippen LogP contribution in [0.2, 0.25) is 0 Å². The maximum absolute atomic E-state index is 13.3. The Balaban J connectivity index is 1.24. The number of nitrogens with one attached hydrogen (secondary N) is 2. The van der Waals surface area contributed by atoms with E-state index in [4.69, 9.17) is 9.72 Å². The highest BCUT2D eigenvalue weighted by Gasteiger charge is 2.47. The maximum Gasteiger partial charge on any atom is 0.269 e. The topological polar surface area (TPSA) is 95.5 Å². The van der Waals surface area contributed by atoms with Crippen molar-refractivity contribution in [1.29, 1.82) is 0 Å². The number of carbonyl (C=O) groups excluding carboxylic acids is 1. The molecule has 168 valence electrons. The molecule has 1 amide bonds. The molecule has 0 radical (unpaired) electrons. The van der Waals surface area contributed by atoms with Crippen LogP contribution in [-0.2, 0) is 4.79 Å². The fourth-order valence-corrected chi connectivity index (χ4v) is 5.00. The summed E-state index contributed by atoms with van der Waals surface area (Å²) < 4.78 is 6.08. The Morgan fingerprint density at radius 1 is 1.03 bits per heavy atom. The SMILES string of the molecule is O=C1C(C2CC2)Oc2cnc(Nc3ccc(N4CCNCC4)cn3)nc2N1C1CCCC1. The minimum absolute atomic E-state index is 0.0649. The van der Waals surface area contributed by atoms with Crippen molar-refractivity contribution in [1.82, 2.24) is 20.3 Å². The van der Waals surface area contributed by atoms with Crippen LogP contribution in [0.25, 0.3) is 0 Å². The number of fused-ring (bicyclic) bond motifs is 1. The molecule has 0 bridgehead atoms. The average molecular weight is 436 g/mol. The summed E-state index contributed by atoms with van der Waals surface area (Å²) >= 11 is 0. The average Bonchev–Trinajstić information content (AvgIpc) is 3.54. The van der Waals surface area contributed by atoms with Crippen LogP contribution < -0.4 is 25.2 Å². The normalized spacial score (nSPS) is 23.8. The van der Waals surface area contributed by atoms with Crippen LogP contribution in [0.5, 0.6) is 5.75 Å². The second-order valence-electron chi connectivity index (χ2n) is 9.17. The summed E-state index contributed by atoms with van der Waals surface area (Å²) in [6, 6.07) is 4.21. The van der Waals surface area contributed by atoms with Crippen molar-refractivity contribution in [3.05, 3.63) is 24.5 Å². The summed E-state index contributed by atoms with van der Waals surface area (Å²) in [6.07, 6.45) is 9.64. The number of amides is 1. The van der Waals surface area contributed by atoms with Crippen LogP contribution in [0.4, 0.5) is 23.3 Å². The molecule has 6 rings (SSSR count). The van der Waals surface area contributed by atoms with Gasteiger partial charge in [-0.05, 0) is 37.8 Å². The minimum Gasteiger partial charge on any atom is -0.475 e. The van der Waals surface area contributed by atoms with Crippen molar-refractivity contribution in [2.24, 2.45) is 5.92 Å². The van der Waals surface area contributed by atoms with Gasteiger partial charge in [0.1, 0.15) is 5.82 Å². The Hall–Kier alpha value is -2.94. The van der Waals surface area contributed by atoms with E-state index < -0.39 is 0 Å². The summed E-state index contributed by atoms with van der Waals surface area (Å²) in [4.78, 5) is 31.3. The smallest absolute Gasteiger partial charge is 0.269 e. The van der Waals surface area contributed by atoms with Gasteiger partial charge in [0.2, 0.25) is 5.95 Å². The van der Waals surface area contributed by atoms with Crippen LogP contribution in [-0.4, -0.2) is 59.2 Å². The van der Waals surface area contributed by atoms with E-state index >= 15 is 0 Å². The maximum atomic E-state index is 13.3. The molecule has 0 aromatic carbocycles. The van der Waals surface area contributed by atoms with Crippen LogP contribution in [0, 0.1) is 5.92 Å². The summed E-state index contributed by atoms with van der Waals surface area (Å²) in [5.41, 5.74) is 1.11. The molecule has 2 saturated carbocycles. The molecule has 2 N–H and O–H groups in total. The first-order chi connectivity index (χ1) is 15.8. The molecule has 9 nitrogen and oxygen atoms in total. The van der Waals surface area contributed by atoms with Gasteiger partial charge >= 0.3 is 0 Å². The molecule has 1 unspecified atom stereocenters. The van der Waals surface area contributed by atoms with E-state index in [1.807, 2.05) is 17.2 Å². The highest BCUT2D eigenvalue weighted by atomic mass is 16.5. The molecule has 4 heterocycles. The van der Waals surface area contributed by atoms with Crippen LogP contribution in [0.1, 0.15) is 38.5 Å². The van der Waals surface area contributed by atoms with E-state index in [0.29, 0.717) is 29.3 Å². The van der Waals surface area contributed by atoms with Crippen molar-refractivity contribution in [2.75, 3.05) is 41.3 Å². The second-order valence-corrected chi connectivity index (χ2v) is 9.17. The summed E-state index contributed by atoms with van der Waals surface area (Å²) in [7, 11) is 0. The predicted molar refractivity (Wildman–Crippen MR) is 122 cm³/mol. The van der Waals surface area contributed by atoms with E-state index in [-0.39, 0.29) is 18.1 Å². The van der Waals surface area contributed by atoms with Crippen LogP contribution >= 0.6 is 0 Å². The quantitative estimate of drug-likeness (QED) is 0.740. The number of nitrogens with zero attached hydrogens (tertiary/aromatic N) is 5. The number of carbonyl (C=O) groups is 1. The number of anilines is 4. The summed E-state index contributed by atoms with van der Waals surface area (Å²) in [5, 5.41) is 6.56. The molecular formula is C23H29N7O2. The molecule has 0 spiro atoms. The first kappa shape index (κ1) is 19.7. The third-order valence-corrected chi connectivity index (χ3v) is 6.91. The molecule has 9 heteroatoms. The monoisotopic (exact) mass is 435 g/mol. The number of ether oxygens (including phenoxy) is 1. The van der Waals surface area contributed by atoms with Crippen molar-refractivity contribution in [3.63, 3.8) is 0 Å². The zero-order valence-corrected chi connectivity index (χ0v) is 18.2. The van der Waals surface area contributed by atoms with Gasteiger partial charge in [0.05, 0.1) is 18.1 Å². The van der Waals surface area contributed by atoms with Gasteiger partial charge in [-0.3, -0.25) is 9.69 Å². The fraction of sp³-hybridized carbons (Fsp3) is 0.565. The number of aromatic nitrogens is 3. The van der Waals surface area contributed by atoms with E-state index in [0.717, 1.165) is 70.4 Å². The predicted octanol–water partition coefficient (Wildman–Crippen LogP) is 2.47. The van der Waals surface area contributed by atoms with Gasteiger partial charge in [-0.15, -0.1) is 0 Å². The largest absolute Gasteiger partial charge is 0.475 e. The lowest BCUT2D eigenvalue weighted by Crippen LogP contribution is -2.51. The lowest BCUT2D eigenvalue weighted by atomic mass is 10.1. The van der Waals surface area contributed by atoms with Gasteiger partial charge in [0.25, 0.3) is 5.91 Å². The molecule has 32 heavy (non-hydrogen) atoms. The van der Waals surface area contributed by atoms with Gasteiger partial charge < -0.3 is 20.3 Å². The van der Waals surface area contributed by atoms with Crippen molar-refractivity contribution in [2.45, 2.75) is 50.7 Å². The molecule has 1 saturated heterocycles. The summed E-state index contributed by atoms with van der Waals surface area (Å²) in [6.45, 7) is 3.94. The molecule has 1 atom stereocenters. The highest BCUT2D eigenvalue weighted by Crippen LogP contribution is 2.44. The highest BCUT2D eigenvalue weighted by molar-refractivity contribution is 6.00. The Kier molecular flexibility index (Phi) is 5.05. The molecule has 3 fully saturated rings. The van der Waals surface area contributed by atoms with Gasteiger partial charge in [-0.1, -0.05) is 12.8 Å². The molecule has 4 aliphatic rings. The van der Waals surface area contributed by atoms with Gasteiger partial charge in [-0.2, -0.15) is 4.98 Å².